The molecule has 0 amide bonds. The van der Waals surface area contributed by atoms with Crippen LogP contribution in [-0.2, 0) is 6.54 Å². The van der Waals surface area contributed by atoms with Crippen LogP contribution in [0.3, 0.4) is 0 Å². The number of aromatic nitrogens is 5. The van der Waals surface area contributed by atoms with E-state index in [4.69, 9.17) is 0 Å². The maximum absolute atomic E-state index is 4.37. The van der Waals surface area contributed by atoms with Crippen LogP contribution >= 0.6 is 11.3 Å². The van der Waals surface area contributed by atoms with Gasteiger partial charge in [-0.3, -0.25) is 4.98 Å². The van der Waals surface area contributed by atoms with Gasteiger partial charge in [0.25, 0.3) is 0 Å². The highest BCUT2D eigenvalue weighted by Crippen LogP contribution is 2.14. The van der Waals surface area contributed by atoms with Gasteiger partial charge in [-0.15, -0.1) is 11.3 Å². The molecular formula is C10H10N6S. The molecule has 3 aromatic rings. The van der Waals surface area contributed by atoms with Crippen LogP contribution in [0.2, 0.25) is 0 Å². The van der Waals surface area contributed by atoms with Gasteiger partial charge in [-0.1, -0.05) is 0 Å². The third-order valence-electron chi connectivity index (χ3n) is 2.38. The molecule has 0 bridgehead atoms. The summed E-state index contributed by atoms with van der Waals surface area (Å²) in [6, 6.07) is 0. The number of imidazole rings is 1. The number of anilines is 1. The fourth-order valence-electron chi connectivity index (χ4n) is 1.54. The van der Waals surface area contributed by atoms with E-state index in [1.807, 2.05) is 23.7 Å². The molecule has 86 valence electrons. The van der Waals surface area contributed by atoms with Crippen LogP contribution in [0.25, 0.3) is 11.2 Å². The van der Waals surface area contributed by atoms with Crippen LogP contribution in [0.4, 0.5) is 5.95 Å². The van der Waals surface area contributed by atoms with E-state index < -0.39 is 0 Å². The maximum Gasteiger partial charge on any atom is 0.227 e. The molecule has 0 aliphatic carbocycles. The van der Waals surface area contributed by atoms with Crippen LogP contribution in [0.5, 0.6) is 0 Å². The summed E-state index contributed by atoms with van der Waals surface area (Å²) in [6.45, 7) is 0.751. The number of nitrogens with zero attached hydrogens (tertiary/aromatic N) is 5. The predicted octanol–water partition coefficient (Wildman–Crippen LogP) is 1.45. The summed E-state index contributed by atoms with van der Waals surface area (Å²) < 4.78 is 0. The molecular weight excluding hydrogens is 236 g/mol. The lowest BCUT2D eigenvalue weighted by molar-refractivity contribution is 0.882. The van der Waals surface area contributed by atoms with E-state index in [1.54, 1.807) is 23.9 Å². The first-order valence-corrected chi connectivity index (χ1v) is 5.95. The Hall–Kier alpha value is -2.02. The first kappa shape index (κ1) is 10.2. The first-order valence-electron chi connectivity index (χ1n) is 5.07. The Morgan fingerprint density at radius 1 is 1.35 bits per heavy atom. The molecule has 0 unspecified atom stereocenters. The van der Waals surface area contributed by atoms with Crippen molar-refractivity contribution in [2.75, 3.05) is 11.9 Å². The first-order chi connectivity index (χ1) is 8.33. The minimum absolute atomic E-state index is 0.665. The van der Waals surface area contributed by atoms with E-state index in [-0.39, 0.29) is 0 Å². The zero-order chi connectivity index (χ0) is 11.7. The lowest BCUT2D eigenvalue weighted by atomic mass is 10.5. The monoisotopic (exact) mass is 246 g/mol. The smallest absolute Gasteiger partial charge is 0.227 e. The van der Waals surface area contributed by atoms with Crippen LogP contribution < -0.4 is 4.90 Å². The van der Waals surface area contributed by atoms with Crippen molar-refractivity contribution < 1.29 is 0 Å². The number of aromatic amines is 1. The Morgan fingerprint density at radius 3 is 3.12 bits per heavy atom. The summed E-state index contributed by atoms with van der Waals surface area (Å²) >= 11 is 1.62. The predicted molar refractivity (Wildman–Crippen MR) is 65.9 cm³/mol. The topological polar surface area (TPSA) is 70.6 Å². The molecule has 0 radical (unpaired) electrons. The number of rotatable bonds is 3. The quantitative estimate of drug-likeness (QED) is 0.757. The van der Waals surface area contributed by atoms with E-state index >= 15 is 0 Å². The second-order valence-electron chi connectivity index (χ2n) is 3.63. The highest BCUT2D eigenvalue weighted by molar-refractivity contribution is 7.09. The lowest BCUT2D eigenvalue weighted by Crippen LogP contribution is -2.18. The Labute approximate surface area is 101 Å². The molecule has 6 nitrogen and oxygen atoms in total. The van der Waals surface area contributed by atoms with Gasteiger partial charge in [0.2, 0.25) is 5.95 Å². The van der Waals surface area contributed by atoms with Crippen molar-refractivity contribution in [3.05, 3.63) is 29.1 Å². The van der Waals surface area contributed by atoms with Gasteiger partial charge in [0, 0.05) is 18.1 Å². The molecule has 0 spiro atoms. The zero-order valence-corrected chi connectivity index (χ0v) is 9.98. The summed E-state index contributed by atoms with van der Waals surface area (Å²) in [6.07, 6.45) is 5.22. The van der Waals surface area contributed by atoms with Gasteiger partial charge < -0.3 is 9.88 Å². The zero-order valence-electron chi connectivity index (χ0n) is 9.16. The molecule has 0 aliphatic heterocycles. The average Bonchev–Trinajstić information content (AvgIpc) is 2.97. The van der Waals surface area contributed by atoms with Crippen LogP contribution in [-0.4, -0.2) is 32.0 Å². The molecule has 0 saturated heterocycles. The van der Waals surface area contributed by atoms with Gasteiger partial charge in [-0.2, -0.15) is 4.98 Å². The average molecular weight is 246 g/mol. The minimum atomic E-state index is 0.665. The number of thiazole rings is 1. The van der Waals surface area contributed by atoms with Crippen molar-refractivity contribution in [1.29, 1.82) is 0 Å². The van der Waals surface area contributed by atoms with Crippen molar-refractivity contribution >= 4 is 28.4 Å². The third kappa shape index (κ3) is 1.96. The summed E-state index contributed by atoms with van der Waals surface area (Å²) in [5.41, 5.74) is 3.35. The van der Waals surface area contributed by atoms with E-state index in [1.165, 1.54) is 4.88 Å². The van der Waals surface area contributed by atoms with Gasteiger partial charge in [0.05, 0.1) is 24.6 Å². The summed E-state index contributed by atoms with van der Waals surface area (Å²) in [7, 11) is 1.95. The molecule has 3 rings (SSSR count). The molecule has 3 heterocycles. The molecule has 0 fully saturated rings. The van der Waals surface area contributed by atoms with Crippen molar-refractivity contribution in [2.24, 2.45) is 0 Å². The molecule has 17 heavy (non-hydrogen) atoms. The van der Waals surface area contributed by atoms with E-state index in [9.17, 15) is 0 Å². The Morgan fingerprint density at radius 2 is 2.29 bits per heavy atom. The highest BCUT2D eigenvalue weighted by Gasteiger charge is 2.08. The molecule has 0 aliphatic rings. The molecule has 0 atom stereocenters. The van der Waals surface area contributed by atoms with Crippen molar-refractivity contribution in [3.8, 4) is 0 Å². The van der Waals surface area contributed by atoms with Gasteiger partial charge >= 0.3 is 0 Å². The molecule has 7 heteroatoms. The SMILES string of the molecule is CN(Cc1cncs1)c1ncc2[nH]cnc2n1. The fourth-order valence-corrected chi connectivity index (χ4v) is 2.18. The Bertz CT molecular complexity index is 617. The second-order valence-corrected chi connectivity index (χ2v) is 4.60. The number of hydrogen-bond donors (Lipinski definition) is 1. The van der Waals surface area contributed by atoms with Gasteiger partial charge in [-0.05, 0) is 0 Å². The largest absolute Gasteiger partial charge is 0.342 e. The third-order valence-corrected chi connectivity index (χ3v) is 3.15. The van der Waals surface area contributed by atoms with Crippen molar-refractivity contribution in [1.82, 2.24) is 24.9 Å². The molecule has 3 aromatic heterocycles. The number of fused-ring (bicyclic) bond motifs is 1. The van der Waals surface area contributed by atoms with E-state index in [2.05, 4.69) is 24.9 Å². The summed E-state index contributed by atoms with van der Waals surface area (Å²) in [4.78, 5) is 22.9. The summed E-state index contributed by atoms with van der Waals surface area (Å²) in [5, 5.41) is 0. The standard InChI is InChI=1S/C10H10N6S/c1-16(4-7-2-11-6-17-7)10-12-3-8-9(15-10)14-5-13-8/h2-3,5-6H,4H2,1H3,(H,12,13,14,15). The van der Waals surface area contributed by atoms with Gasteiger partial charge in [0.15, 0.2) is 5.65 Å². The van der Waals surface area contributed by atoms with Gasteiger partial charge in [0.1, 0.15) is 5.52 Å². The highest BCUT2D eigenvalue weighted by atomic mass is 32.1. The normalized spacial score (nSPS) is 10.9. The van der Waals surface area contributed by atoms with Crippen molar-refractivity contribution in [2.45, 2.75) is 6.54 Å². The maximum atomic E-state index is 4.37. The van der Waals surface area contributed by atoms with Gasteiger partial charge in [-0.25, -0.2) is 9.97 Å². The minimum Gasteiger partial charge on any atom is -0.342 e. The van der Waals surface area contributed by atoms with Crippen molar-refractivity contribution in [3.63, 3.8) is 0 Å². The van der Waals surface area contributed by atoms with Crippen LogP contribution in [0, 0.1) is 0 Å². The second kappa shape index (κ2) is 4.10. The fraction of sp³-hybridized carbons (Fsp3) is 0.200. The number of H-pyrrole nitrogens is 1. The van der Waals surface area contributed by atoms with Crippen LogP contribution in [0.1, 0.15) is 4.88 Å². The lowest BCUT2D eigenvalue weighted by Gasteiger charge is -2.14. The number of hydrogen-bond acceptors (Lipinski definition) is 6. The molecule has 0 aromatic carbocycles. The Balaban J connectivity index is 1.87. The Kier molecular flexibility index (Phi) is 2.45. The number of nitrogens with one attached hydrogen (secondary N) is 1. The summed E-state index contributed by atoms with van der Waals surface area (Å²) in [5.74, 6) is 0.665. The van der Waals surface area contributed by atoms with Crippen LogP contribution in [0.15, 0.2) is 24.2 Å². The van der Waals surface area contributed by atoms with E-state index in [0.29, 0.717) is 11.6 Å². The molecule has 0 saturated carbocycles. The molecule has 1 N–H and O–H groups in total. The van der Waals surface area contributed by atoms with E-state index in [0.717, 1.165) is 12.1 Å².